The third-order valence-corrected chi connectivity index (χ3v) is 5.96. The van der Waals surface area contributed by atoms with E-state index < -0.39 is 5.82 Å². The maximum Gasteiger partial charge on any atom is 0.252 e. The Morgan fingerprint density at radius 3 is 2.59 bits per heavy atom. The van der Waals surface area contributed by atoms with Gasteiger partial charge >= 0.3 is 0 Å². The van der Waals surface area contributed by atoms with Gasteiger partial charge in [0.1, 0.15) is 5.82 Å². The molecule has 1 heterocycles. The summed E-state index contributed by atoms with van der Waals surface area (Å²) in [4.78, 5) is 25.0. The highest BCUT2D eigenvalue weighted by molar-refractivity contribution is 7.99. The molecule has 3 aromatic rings. The Morgan fingerprint density at radius 1 is 1.12 bits per heavy atom. The quantitative estimate of drug-likeness (QED) is 0.495. The summed E-state index contributed by atoms with van der Waals surface area (Å²) in [6, 6.07) is 11.3. The highest BCUT2D eigenvalue weighted by Crippen LogP contribution is 2.22. The molecular formula is C23H26FN5O2S. The van der Waals surface area contributed by atoms with E-state index >= 15 is 0 Å². The molecule has 9 heteroatoms. The second kappa shape index (κ2) is 10.4. The lowest BCUT2D eigenvalue weighted by Gasteiger charge is -2.16. The molecule has 0 saturated heterocycles. The first-order valence-corrected chi connectivity index (χ1v) is 11.3. The molecule has 2 amide bonds. The van der Waals surface area contributed by atoms with E-state index in [0.717, 1.165) is 11.1 Å². The van der Waals surface area contributed by atoms with E-state index in [1.54, 1.807) is 19.1 Å². The molecule has 3 rings (SSSR count). The number of rotatable bonds is 8. The number of anilines is 1. The average molecular weight is 456 g/mol. The van der Waals surface area contributed by atoms with Crippen molar-refractivity contribution in [2.75, 3.05) is 11.1 Å². The van der Waals surface area contributed by atoms with Gasteiger partial charge in [0.25, 0.3) is 5.91 Å². The predicted molar refractivity (Wildman–Crippen MR) is 123 cm³/mol. The predicted octanol–water partition coefficient (Wildman–Crippen LogP) is 4.28. The van der Waals surface area contributed by atoms with Crippen molar-refractivity contribution in [2.45, 2.75) is 45.4 Å². The number of aromatic nitrogens is 3. The Bertz CT molecular complexity index is 1130. The summed E-state index contributed by atoms with van der Waals surface area (Å²) < 4.78 is 15.3. The van der Waals surface area contributed by atoms with E-state index in [1.165, 1.54) is 23.9 Å². The van der Waals surface area contributed by atoms with Gasteiger partial charge in [-0.1, -0.05) is 36.0 Å². The zero-order valence-corrected chi connectivity index (χ0v) is 19.3. The van der Waals surface area contributed by atoms with Crippen LogP contribution in [0.4, 0.5) is 10.1 Å². The SMILES string of the molecule is CCn1c(SCC(=O)Nc2cc(F)ccc2C)nnc1[C@@H](C)NC(=O)c1ccccc1C. The number of halogens is 1. The number of carbonyl (C=O) groups is 2. The van der Waals surface area contributed by atoms with Gasteiger partial charge in [-0.2, -0.15) is 0 Å². The van der Waals surface area contributed by atoms with Crippen molar-refractivity contribution >= 4 is 29.3 Å². The first kappa shape index (κ1) is 23.5. The molecule has 168 valence electrons. The molecule has 0 aliphatic rings. The third-order valence-electron chi connectivity index (χ3n) is 4.99. The van der Waals surface area contributed by atoms with Crippen molar-refractivity contribution in [1.29, 1.82) is 0 Å². The molecule has 0 bridgehead atoms. The Kier molecular flexibility index (Phi) is 7.63. The summed E-state index contributed by atoms with van der Waals surface area (Å²) in [5, 5.41) is 14.7. The van der Waals surface area contributed by atoms with Crippen LogP contribution >= 0.6 is 11.8 Å². The molecule has 0 spiro atoms. The molecule has 0 saturated carbocycles. The van der Waals surface area contributed by atoms with Gasteiger partial charge in [-0.25, -0.2) is 4.39 Å². The monoisotopic (exact) mass is 455 g/mol. The van der Waals surface area contributed by atoms with Crippen molar-refractivity contribution in [1.82, 2.24) is 20.1 Å². The number of carbonyl (C=O) groups excluding carboxylic acids is 2. The van der Waals surface area contributed by atoms with Gasteiger partial charge in [0.15, 0.2) is 11.0 Å². The standard InChI is InChI=1S/C23H26FN5O2S/c1-5-29-21(16(4)25-22(31)18-9-7-6-8-14(18)2)27-28-23(29)32-13-20(30)26-19-12-17(24)11-10-15(19)3/h6-12,16H,5,13H2,1-4H3,(H,25,31)(H,26,30)/t16-/m1/s1. The van der Waals surface area contributed by atoms with Crippen molar-refractivity contribution in [3.63, 3.8) is 0 Å². The highest BCUT2D eigenvalue weighted by atomic mass is 32.2. The molecule has 2 N–H and O–H groups in total. The first-order valence-electron chi connectivity index (χ1n) is 10.3. The molecule has 7 nitrogen and oxygen atoms in total. The maximum atomic E-state index is 13.4. The lowest BCUT2D eigenvalue weighted by Crippen LogP contribution is -2.29. The van der Waals surface area contributed by atoms with Crippen LogP contribution in [0.25, 0.3) is 0 Å². The van der Waals surface area contributed by atoms with Crippen molar-refractivity contribution in [3.8, 4) is 0 Å². The van der Waals surface area contributed by atoms with E-state index in [4.69, 9.17) is 0 Å². The van der Waals surface area contributed by atoms with Gasteiger partial charge in [-0.3, -0.25) is 9.59 Å². The van der Waals surface area contributed by atoms with Crippen LogP contribution in [0.15, 0.2) is 47.6 Å². The molecule has 2 aromatic carbocycles. The Labute approximate surface area is 190 Å². The number of thioether (sulfide) groups is 1. The topological polar surface area (TPSA) is 88.9 Å². The summed E-state index contributed by atoms with van der Waals surface area (Å²) in [7, 11) is 0. The van der Waals surface area contributed by atoms with Gasteiger partial charge in [0.2, 0.25) is 5.91 Å². The fraction of sp³-hybridized carbons (Fsp3) is 0.304. The lowest BCUT2D eigenvalue weighted by atomic mass is 10.1. The van der Waals surface area contributed by atoms with Gasteiger partial charge in [0.05, 0.1) is 11.8 Å². The lowest BCUT2D eigenvalue weighted by molar-refractivity contribution is -0.113. The number of amides is 2. The zero-order valence-electron chi connectivity index (χ0n) is 18.5. The Balaban J connectivity index is 1.65. The van der Waals surface area contributed by atoms with Crippen LogP contribution in [-0.2, 0) is 11.3 Å². The largest absolute Gasteiger partial charge is 0.342 e. The Morgan fingerprint density at radius 2 is 1.88 bits per heavy atom. The second-order valence-corrected chi connectivity index (χ2v) is 8.33. The average Bonchev–Trinajstić information content (AvgIpc) is 3.18. The molecule has 0 unspecified atom stereocenters. The summed E-state index contributed by atoms with van der Waals surface area (Å²) in [5.74, 6) is -0.149. The van der Waals surface area contributed by atoms with E-state index in [9.17, 15) is 14.0 Å². The fourth-order valence-corrected chi connectivity index (χ4v) is 4.05. The van der Waals surface area contributed by atoms with Crippen LogP contribution in [0, 0.1) is 19.7 Å². The summed E-state index contributed by atoms with van der Waals surface area (Å²) in [6.07, 6.45) is 0. The normalized spacial score (nSPS) is 11.8. The van der Waals surface area contributed by atoms with Gasteiger partial charge in [0, 0.05) is 17.8 Å². The van der Waals surface area contributed by atoms with Crippen molar-refractivity contribution in [2.24, 2.45) is 0 Å². The van der Waals surface area contributed by atoms with Gasteiger partial charge in [-0.15, -0.1) is 10.2 Å². The van der Waals surface area contributed by atoms with E-state index in [0.29, 0.717) is 28.8 Å². The number of aryl methyl sites for hydroxylation is 2. The highest BCUT2D eigenvalue weighted by Gasteiger charge is 2.21. The second-order valence-electron chi connectivity index (χ2n) is 7.39. The van der Waals surface area contributed by atoms with E-state index in [2.05, 4.69) is 20.8 Å². The van der Waals surface area contributed by atoms with Crippen LogP contribution in [0.5, 0.6) is 0 Å². The molecule has 0 aliphatic carbocycles. The molecular weight excluding hydrogens is 429 g/mol. The summed E-state index contributed by atoms with van der Waals surface area (Å²) in [6.45, 7) is 8.07. The minimum atomic E-state index is -0.407. The maximum absolute atomic E-state index is 13.4. The van der Waals surface area contributed by atoms with E-state index in [-0.39, 0.29) is 23.6 Å². The number of hydrogen-bond donors (Lipinski definition) is 2. The molecule has 0 aliphatic heterocycles. The smallest absolute Gasteiger partial charge is 0.252 e. The minimum absolute atomic E-state index is 0.0953. The molecule has 1 aromatic heterocycles. The van der Waals surface area contributed by atoms with Gasteiger partial charge in [-0.05, 0) is 57.0 Å². The zero-order chi connectivity index (χ0) is 23.3. The van der Waals surface area contributed by atoms with Crippen LogP contribution in [0.3, 0.4) is 0 Å². The molecule has 0 radical (unpaired) electrons. The third kappa shape index (κ3) is 5.53. The van der Waals surface area contributed by atoms with Crippen LogP contribution < -0.4 is 10.6 Å². The molecule has 1 atom stereocenters. The van der Waals surface area contributed by atoms with E-state index in [1.807, 2.05) is 43.5 Å². The Hall–Kier alpha value is -3.20. The minimum Gasteiger partial charge on any atom is -0.342 e. The van der Waals surface area contributed by atoms with Crippen LogP contribution in [-0.4, -0.2) is 32.3 Å². The number of hydrogen-bond acceptors (Lipinski definition) is 5. The van der Waals surface area contributed by atoms with Crippen LogP contribution in [0.2, 0.25) is 0 Å². The number of nitrogens with zero attached hydrogens (tertiary/aromatic N) is 3. The number of nitrogens with one attached hydrogen (secondary N) is 2. The van der Waals surface area contributed by atoms with Crippen molar-refractivity contribution < 1.29 is 14.0 Å². The number of benzene rings is 2. The van der Waals surface area contributed by atoms with Gasteiger partial charge < -0.3 is 15.2 Å². The summed E-state index contributed by atoms with van der Waals surface area (Å²) in [5.41, 5.74) is 2.73. The van der Waals surface area contributed by atoms with Crippen molar-refractivity contribution in [3.05, 3.63) is 70.8 Å². The van der Waals surface area contributed by atoms with Crippen LogP contribution in [0.1, 0.15) is 47.2 Å². The molecule has 0 fully saturated rings. The molecule has 32 heavy (non-hydrogen) atoms. The fourth-order valence-electron chi connectivity index (χ4n) is 3.24. The first-order chi connectivity index (χ1) is 15.3. The summed E-state index contributed by atoms with van der Waals surface area (Å²) >= 11 is 1.24.